The number of nitrogens with one attached hydrogen (secondary N) is 1. The first-order valence-corrected chi connectivity index (χ1v) is 20.2. The molecule has 1 spiro atoms. The third kappa shape index (κ3) is 5.84. The van der Waals surface area contributed by atoms with Gasteiger partial charge in [-0.05, 0) is 125 Å². The van der Waals surface area contributed by atoms with Gasteiger partial charge < -0.3 is 51.5 Å². The summed E-state index contributed by atoms with van der Waals surface area (Å²) in [6, 6.07) is 0. The molecular weight excluding hydrogens is 666 g/mol. The standard InChI is InChI=1S/C40H65N3O9/c1-20-19-52-35(22(20)3)36(49)37(4,50)29-9-10-40(51)32-31-24(15-39(29,40)11-12-44)6-5-23(25-7-8-30(41)42-18-25)14-38(31)16-28(47)27(46)13-26(38)34(48)33(32)43-17-21(2)45/h5-6,20-32,35-36,42,44-47,49-51H,7-19,41H2,1-4H3. The average Bonchev–Trinajstić information content (AvgIpc) is 3.53. The van der Waals surface area contributed by atoms with E-state index in [4.69, 9.17) is 15.5 Å². The molecule has 2 heterocycles. The molecule has 2 saturated heterocycles. The van der Waals surface area contributed by atoms with Gasteiger partial charge in [0.25, 0.3) is 0 Å². The van der Waals surface area contributed by atoms with E-state index in [0.29, 0.717) is 25.9 Å². The van der Waals surface area contributed by atoms with Crippen molar-refractivity contribution in [2.75, 3.05) is 26.3 Å². The molecule has 4 saturated carbocycles. The molecule has 6 fully saturated rings. The normalized spacial score (nSPS) is 52.0. The Hall–Kier alpha value is -1.32. The molecule has 52 heavy (non-hydrogen) atoms. The number of hydrogen-bond donors (Lipinski definition) is 9. The fraction of sp³-hybridized carbons (Fsp3) is 0.900. The molecule has 294 valence electrons. The van der Waals surface area contributed by atoms with Crippen molar-refractivity contribution in [3.05, 3.63) is 12.2 Å². The number of aliphatic hydroxyl groups is 7. The van der Waals surface area contributed by atoms with Crippen LogP contribution in [0, 0.1) is 64.1 Å². The van der Waals surface area contributed by atoms with Crippen LogP contribution in [0.5, 0.6) is 0 Å². The van der Waals surface area contributed by atoms with E-state index in [1.54, 1.807) is 13.8 Å². The minimum atomic E-state index is -1.71. The molecule has 7 rings (SSSR count). The van der Waals surface area contributed by atoms with Gasteiger partial charge in [0.05, 0.1) is 54.0 Å². The number of aliphatic hydroxyl groups excluding tert-OH is 5. The van der Waals surface area contributed by atoms with Crippen LogP contribution in [-0.4, -0.2) is 121 Å². The molecular formula is C40H65N3O9. The highest BCUT2D eigenvalue weighted by Crippen LogP contribution is 2.73. The highest BCUT2D eigenvalue weighted by molar-refractivity contribution is 6.42. The van der Waals surface area contributed by atoms with Gasteiger partial charge in [-0.2, -0.15) is 0 Å². The highest BCUT2D eigenvalue weighted by atomic mass is 16.5. The summed E-state index contributed by atoms with van der Waals surface area (Å²) in [6.45, 7) is 8.23. The number of nitrogens with two attached hydrogens (primary N) is 1. The highest BCUT2D eigenvalue weighted by Gasteiger charge is 2.77. The smallest absolute Gasteiger partial charge is 0.180 e. The predicted molar refractivity (Wildman–Crippen MR) is 194 cm³/mol. The van der Waals surface area contributed by atoms with Crippen LogP contribution in [0.4, 0.5) is 0 Å². The molecule has 7 aliphatic rings. The molecule has 0 aromatic heterocycles. The third-order valence-electron chi connectivity index (χ3n) is 16.0. The van der Waals surface area contributed by atoms with Crippen LogP contribution < -0.4 is 11.1 Å². The zero-order valence-corrected chi connectivity index (χ0v) is 31.5. The molecule has 0 aromatic rings. The van der Waals surface area contributed by atoms with Gasteiger partial charge in [-0.15, -0.1) is 0 Å². The van der Waals surface area contributed by atoms with Crippen molar-refractivity contribution >= 4 is 11.5 Å². The lowest BCUT2D eigenvalue weighted by atomic mass is 9.38. The molecule has 2 aliphatic heterocycles. The Morgan fingerprint density at radius 3 is 2.46 bits per heavy atom. The number of rotatable bonds is 8. The first-order valence-electron chi connectivity index (χ1n) is 20.2. The lowest BCUT2D eigenvalue weighted by Crippen LogP contribution is -2.73. The Balaban J connectivity index is 1.40. The van der Waals surface area contributed by atoms with Gasteiger partial charge in [0.15, 0.2) is 5.78 Å². The molecule has 19 unspecified atom stereocenters. The summed E-state index contributed by atoms with van der Waals surface area (Å²) >= 11 is 0. The second-order valence-corrected chi connectivity index (χ2v) is 18.7. The number of fused-ring (bicyclic) bond motifs is 2. The minimum absolute atomic E-state index is 0.00288. The van der Waals surface area contributed by atoms with Crippen LogP contribution in [0.2, 0.25) is 0 Å². The lowest BCUT2D eigenvalue weighted by Gasteiger charge is -2.67. The number of aliphatic imine (C=N–C) groups is 1. The van der Waals surface area contributed by atoms with Gasteiger partial charge >= 0.3 is 0 Å². The predicted octanol–water partition coefficient (Wildman–Crippen LogP) is 0.915. The van der Waals surface area contributed by atoms with Crippen LogP contribution in [0.15, 0.2) is 17.1 Å². The zero-order valence-electron chi connectivity index (χ0n) is 31.5. The van der Waals surface area contributed by atoms with E-state index in [1.165, 1.54) is 0 Å². The topological polar surface area (TPSA) is 218 Å². The van der Waals surface area contributed by atoms with Gasteiger partial charge in [0.1, 0.15) is 6.10 Å². The quantitative estimate of drug-likeness (QED) is 0.160. The van der Waals surface area contributed by atoms with Crippen molar-refractivity contribution in [2.45, 2.75) is 133 Å². The van der Waals surface area contributed by atoms with E-state index < -0.39 is 70.3 Å². The maximum atomic E-state index is 15.1. The Kier molecular flexibility index (Phi) is 10.5. The van der Waals surface area contributed by atoms with Crippen LogP contribution in [-0.2, 0) is 9.53 Å². The van der Waals surface area contributed by atoms with E-state index >= 15 is 4.79 Å². The van der Waals surface area contributed by atoms with E-state index in [9.17, 15) is 35.7 Å². The van der Waals surface area contributed by atoms with Crippen molar-refractivity contribution < 1.29 is 45.3 Å². The number of ether oxygens (including phenoxy) is 1. The second kappa shape index (κ2) is 14.0. The third-order valence-corrected chi connectivity index (χ3v) is 16.0. The van der Waals surface area contributed by atoms with Crippen LogP contribution >= 0.6 is 0 Å². The number of piperidine rings is 1. The van der Waals surface area contributed by atoms with Gasteiger partial charge in [-0.3, -0.25) is 9.79 Å². The lowest BCUT2D eigenvalue weighted by molar-refractivity contribution is -0.241. The van der Waals surface area contributed by atoms with E-state index in [0.717, 1.165) is 19.4 Å². The summed E-state index contributed by atoms with van der Waals surface area (Å²) in [5, 5.41) is 85.5. The van der Waals surface area contributed by atoms with E-state index in [2.05, 4.69) is 24.4 Å². The number of carbonyl (C=O) groups excluding carboxylic acids is 1. The summed E-state index contributed by atoms with van der Waals surface area (Å²) in [7, 11) is 0. The molecule has 12 nitrogen and oxygen atoms in total. The SMILES string of the molecule is CC(O)CN=C1C(=O)C2CC(O)C(O)CC23CC(C2CCC(N)NC2)C=CC2CC4(CCO)C(C(C)(O)C(O)C5OCC(C)C5C)CCC4(O)C1C23. The van der Waals surface area contributed by atoms with E-state index in [1.807, 2.05) is 6.92 Å². The van der Waals surface area contributed by atoms with Crippen LogP contribution in [0.1, 0.15) is 85.5 Å². The van der Waals surface area contributed by atoms with Gasteiger partial charge in [0, 0.05) is 30.5 Å². The van der Waals surface area contributed by atoms with Crippen molar-refractivity contribution in [2.24, 2.45) is 74.8 Å². The maximum Gasteiger partial charge on any atom is 0.180 e. The number of carbonyl (C=O) groups is 1. The van der Waals surface area contributed by atoms with Crippen molar-refractivity contribution in [3.8, 4) is 0 Å². The Labute approximate surface area is 308 Å². The summed E-state index contributed by atoms with van der Waals surface area (Å²) in [5.74, 6) is -2.44. The Bertz CT molecular complexity index is 1400. The fourth-order valence-corrected chi connectivity index (χ4v) is 13.3. The molecule has 12 heteroatoms. The average molecular weight is 732 g/mol. The van der Waals surface area contributed by atoms with Crippen molar-refractivity contribution in [1.82, 2.24) is 5.32 Å². The number of Topliss-reactive ketones (excluding diaryl/α,β-unsaturated/α-hetero) is 1. The summed E-state index contributed by atoms with van der Waals surface area (Å²) in [5.41, 5.74) is 1.23. The van der Waals surface area contributed by atoms with Crippen LogP contribution in [0.25, 0.3) is 0 Å². The number of hydrogen-bond acceptors (Lipinski definition) is 12. The largest absolute Gasteiger partial charge is 0.396 e. The van der Waals surface area contributed by atoms with Gasteiger partial charge in [-0.25, -0.2) is 0 Å². The van der Waals surface area contributed by atoms with Crippen molar-refractivity contribution in [3.63, 3.8) is 0 Å². The Morgan fingerprint density at radius 2 is 1.83 bits per heavy atom. The number of nitrogens with zero attached hydrogens (tertiary/aromatic N) is 1. The molecule has 0 amide bonds. The summed E-state index contributed by atoms with van der Waals surface area (Å²) in [6.07, 6.45) is 3.36. The molecule has 19 atom stereocenters. The van der Waals surface area contributed by atoms with Gasteiger partial charge in [0.2, 0.25) is 0 Å². The first-order chi connectivity index (χ1) is 24.5. The second-order valence-electron chi connectivity index (χ2n) is 18.7. The first kappa shape index (κ1) is 38.9. The fourth-order valence-electron chi connectivity index (χ4n) is 13.3. The Morgan fingerprint density at radius 1 is 1.10 bits per heavy atom. The maximum absolute atomic E-state index is 15.1. The molecule has 10 N–H and O–H groups in total. The van der Waals surface area contributed by atoms with E-state index in [-0.39, 0.29) is 92.0 Å². The summed E-state index contributed by atoms with van der Waals surface area (Å²) < 4.78 is 6.07. The van der Waals surface area contributed by atoms with Gasteiger partial charge in [-0.1, -0.05) is 26.0 Å². The molecule has 5 aliphatic carbocycles. The summed E-state index contributed by atoms with van der Waals surface area (Å²) in [4.78, 5) is 19.9. The molecule has 0 radical (unpaired) electrons. The number of ketones is 1. The zero-order chi connectivity index (χ0) is 37.5. The van der Waals surface area contributed by atoms with Crippen molar-refractivity contribution in [1.29, 1.82) is 0 Å². The number of allylic oxidation sites excluding steroid dienone is 2. The van der Waals surface area contributed by atoms with Crippen LogP contribution in [0.3, 0.4) is 0 Å². The minimum Gasteiger partial charge on any atom is -0.396 e. The molecule has 0 aromatic carbocycles. The monoisotopic (exact) mass is 731 g/mol. The molecule has 0 bridgehead atoms.